The number of hydrogen-bond acceptors (Lipinski definition) is 2. The summed E-state index contributed by atoms with van der Waals surface area (Å²) in [5, 5.41) is 0. The second-order valence-corrected chi connectivity index (χ2v) is 4.58. The van der Waals surface area contributed by atoms with Crippen molar-refractivity contribution in [2.24, 2.45) is 5.73 Å². The largest absolute Gasteiger partial charge is 0.338 e. The zero-order valence-electron chi connectivity index (χ0n) is 10.8. The monoisotopic (exact) mass is 260 g/mol. The average Bonchev–Trinajstić information content (AvgIpc) is 2.42. The van der Waals surface area contributed by atoms with Gasteiger partial charge in [0, 0.05) is 30.6 Å². The van der Waals surface area contributed by atoms with Crippen LogP contribution in [-0.4, -0.2) is 23.9 Å². The lowest BCUT2D eigenvalue weighted by atomic mass is 10.1. The quantitative estimate of drug-likeness (QED) is 0.822. The van der Waals surface area contributed by atoms with Crippen molar-refractivity contribution >= 4 is 5.91 Å². The molecule has 1 aliphatic rings. The minimum absolute atomic E-state index is 0.101. The van der Waals surface area contributed by atoms with E-state index in [4.69, 9.17) is 5.73 Å². The van der Waals surface area contributed by atoms with Gasteiger partial charge in [0.05, 0.1) is 6.54 Å². The highest BCUT2D eigenvalue weighted by atomic mass is 19.1. The maximum atomic E-state index is 13.8. The van der Waals surface area contributed by atoms with Crippen molar-refractivity contribution in [3.05, 3.63) is 35.1 Å². The SMILES string of the molecule is NCC#Cc1ccc(F)c(CN2CCCCC2=O)c1. The van der Waals surface area contributed by atoms with Crippen LogP contribution in [0.2, 0.25) is 0 Å². The molecule has 0 aliphatic carbocycles. The predicted octanol–water partition coefficient (Wildman–Crippen LogP) is 1.65. The van der Waals surface area contributed by atoms with Crippen LogP contribution in [0.15, 0.2) is 18.2 Å². The summed E-state index contributed by atoms with van der Waals surface area (Å²) < 4.78 is 13.8. The Bertz CT molecular complexity index is 531. The van der Waals surface area contributed by atoms with Crippen molar-refractivity contribution in [1.29, 1.82) is 0 Å². The highest BCUT2D eigenvalue weighted by molar-refractivity contribution is 5.76. The van der Waals surface area contributed by atoms with Crippen LogP contribution in [-0.2, 0) is 11.3 Å². The Morgan fingerprint density at radius 3 is 2.95 bits per heavy atom. The molecule has 0 radical (unpaired) electrons. The lowest BCUT2D eigenvalue weighted by Crippen LogP contribution is -2.34. The molecule has 1 saturated heterocycles. The number of piperidine rings is 1. The predicted molar refractivity (Wildman–Crippen MR) is 71.6 cm³/mol. The van der Waals surface area contributed by atoms with Crippen LogP contribution in [0.5, 0.6) is 0 Å². The zero-order chi connectivity index (χ0) is 13.7. The number of nitrogens with two attached hydrogens (primary N) is 1. The molecule has 2 N–H and O–H groups in total. The molecule has 1 aromatic rings. The molecule has 0 bridgehead atoms. The molecule has 4 heteroatoms. The molecule has 0 spiro atoms. The highest BCUT2D eigenvalue weighted by Gasteiger charge is 2.19. The lowest BCUT2D eigenvalue weighted by molar-refractivity contribution is -0.133. The third kappa shape index (κ3) is 3.55. The average molecular weight is 260 g/mol. The summed E-state index contributed by atoms with van der Waals surface area (Å²) in [6, 6.07) is 4.71. The Hall–Kier alpha value is -1.86. The summed E-state index contributed by atoms with van der Waals surface area (Å²) in [4.78, 5) is 13.4. The number of carbonyl (C=O) groups is 1. The Balaban J connectivity index is 2.16. The summed E-state index contributed by atoms with van der Waals surface area (Å²) in [7, 11) is 0. The van der Waals surface area contributed by atoms with E-state index in [0.717, 1.165) is 18.4 Å². The first-order chi connectivity index (χ1) is 9.20. The van der Waals surface area contributed by atoms with Gasteiger partial charge in [0.2, 0.25) is 5.91 Å². The molecule has 0 saturated carbocycles. The van der Waals surface area contributed by atoms with E-state index < -0.39 is 0 Å². The van der Waals surface area contributed by atoms with E-state index >= 15 is 0 Å². The second-order valence-electron chi connectivity index (χ2n) is 4.58. The number of benzene rings is 1. The number of carbonyl (C=O) groups excluding carboxylic acids is 1. The molecule has 0 atom stereocenters. The van der Waals surface area contributed by atoms with Crippen molar-refractivity contribution in [1.82, 2.24) is 4.90 Å². The normalized spacial score (nSPS) is 15.1. The van der Waals surface area contributed by atoms with Crippen molar-refractivity contribution in [3.8, 4) is 11.8 Å². The molecule has 1 amide bonds. The fraction of sp³-hybridized carbons (Fsp3) is 0.400. The minimum atomic E-state index is -0.295. The van der Waals surface area contributed by atoms with Gasteiger partial charge in [-0.1, -0.05) is 11.8 Å². The highest BCUT2D eigenvalue weighted by Crippen LogP contribution is 2.17. The van der Waals surface area contributed by atoms with E-state index in [1.165, 1.54) is 6.07 Å². The minimum Gasteiger partial charge on any atom is -0.338 e. The third-order valence-corrected chi connectivity index (χ3v) is 3.16. The summed E-state index contributed by atoms with van der Waals surface area (Å²) in [5.74, 6) is 5.42. The van der Waals surface area contributed by atoms with Gasteiger partial charge in [0.25, 0.3) is 0 Å². The van der Waals surface area contributed by atoms with Gasteiger partial charge < -0.3 is 10.6 Å². The molecule has 1 heterocycles. The van der Waals surface area contributed by atoms with Gasteiger partial charge in [-0.05, 0) is 31.0 Å². The summed E-state index contributed by atoms with van der Waals surface area (Å²) in [5.41, 5.74) is 6.55. The molecular formula is C15H17FN2O. The number of rotatable bonds is 2. The van der Waals surface area contributed by atoms with E-state index in [-0.39, 0.29) is 18.3 Å². The zero-order valence-corrected chi connectivity index (χ0v) is 10.8. The summed E-state index contributed by atoms with van der Waals surface area (Å²) in [6.45, 7) is 1.30. The van der Waals surface area contributed by atoms with Crippen molar-refractivity contribution in [2.45, 2.75) is 25.8 Å². The Labute approximate surface area is 112 Å². The van der Waals surface area contributed by atoms with Gasteiger partial charge in [0.15, 0.2) is 0 Å². The molecule has 100 valence electrons. The molecular weight excluding hydrogens is 243 g/mol. The number of nitrogens with zero attached hydrogens (tertiary/aromatic N) is 1. The Kier molecular flexibility index (Phi) is 4.53. The van der Waals surface area contributed by atoms with E-state index in [1.807, 2.05) is 0 Å². The fourth-order valence-corrected chi connectivity index (χ4v) is 2.16. The number of amides is 1. The molecule has 1 aliphatic heterocycles. The first kappa shape index (κ1) is 13.6. The van der Waals surface area contributed by atoms with Gasteiger partial charge in [-0.25, -0.2) is 4.39 Å². The number of likely N-dealkylation sites (tertiary alicyclic amines) is 1. The summed E-state index contributed by atoms with van der Waals surface area (Å²) >= 11 is 0. The number of halogens is 1. The van der Waals surface area contributed by atoms with E-state index in [0.29, 0.717) is 25.1 Å². The Morgan fingerprint density at radius 1 is 1.37 bits per heavy atom. The molecule has 1 aromatic carbocycles. The number of hydrogen-bond donors (Lipinski definition) is 1. The van der Waals surface area contributed by atoms with Gasteiger partial charge in [-0.2, -0.15) is 0 Å². The fourth-order valence-electron chi connectivity index (χ4n) is 2.16. The molecule has 0 unspecified atom stereocenters. The van der Waals surface area contributed by atoms with Gasteiger partial charge in [-0.15, -0.1) is 0 Å². The molecule has 19 heavy (non-hydrogen) atoms. The van der Waals surface area contributed by atoms with Crippen molar-refractivity contribution in [2.75, 3.05) is 13.1 Å². The molecule has 3 nitrogen and oxygen atoms in total. The topological polar surface area (TPSA) is 46.3 Å². The van der Waals surface area contributed by atoms with Gasteiger partial charge >= 0.3 is 0 Å². The van der Waals surface area contributed by atoms with E-state index in [2.05, 4.69) is 11.8 Å². The van der Waals surface area contributed by atoms with Crippen LogP contribution in [0, 0.1) is 17.7 Å². The Morgan fingerprint density at radius 2 is 2.21 bits per heavy atom. The third-order valence-electron chi connectivity index (χ3n) is 3.16. The standard InChI is InChI=1S/C15H17FN2O/c16-14-7-6-12(4-3-8-17)10-13(14)11-18-9-2-1-5-15(18)19/h6-7,10H,1-2,5,8-9,11,17H2. The van der Waals surface area contributed by atoms with Crippen LogP contribution >= 0.6 is 0 Å². The van der Waals surface area contributed by atoms with Crippen LogP contribution in [0.3, 0.4) is 0 Å². The van der Waals surface area contributed by atoms with Crippen molar-refractivity contribution in [3.63, 3.8) is 0 Å². The first-order valence-corrected chi connectivity index (χ1v) is 6.46. The van der Waals surface area contributed by atoms with Gasteiger partial charge in [-0.3, -0.25) is 4.79 Å². The van der Waals surface area contributed by atoms with E-state index in [1.54, 1.807) is 17.0 Å². The first-order valence-electron chi connectivity index (χ1n) is 6.46. The van der Waals surface area contributed by atoms with Crippen molar-refractivity contribution < 1.29 is 9.18 Å². The van der Waals surface area contributed by atoms with Crippen LogP contribution in [0.1, 0.15) is 30.4 Å². The van der Waals surface area contributed by atoms with Crippen LogP contribution in [0.4, 0.5) is 4.39 Å². The summed E-state index contributed by atoms with van der Waals surface area (Å²) in [6.07, 6.45) is 2.48. The van der Waals surface area contributed by atoms with Gasteiger partial charge in [0.1, 0.15) is 5.82 Å². The maximum absolute atomic E-state index is 13.8. The van der Waals surface area contributed by atoms with Crippen LogP contribution in [0.25, 0.3) is 0 Å². The smallest absolute Gasteiger partial charge is 0.222 e. The lowest BCUT2D eigenvalue weighted by Gasteiger charge is -2.26. The molecule has 1 fully saturated rings. The van der Waals surface area contributed by atoms with E-state index in [9.17, 15) is 9.18 Å². The maximum Gasteiger partial charge on any atom is 0.222 e. The molecule has 2 rings (SSSR count). The molecule has 0 aromatic heterocycles. The van der Waals surface area contributed by atoms with Crippen LogP contribution < -0.4 is 5.73 Å². The second kappa shape index (κ2) is 6.35.